The molecule has 0 aliphatic heterocycles. The molecule has 2 atom stereocenters. The monoisotopic (exact) mass is 429 g/mol. The molecule has 3 amide bonds. The molecule has 1 fully saturated rings. The lowest BCUT2D eigenvalue weighted by molar-refractivity contribution is -0.119. The SMILES string of the molecule is CCC(C)C(NC(=O)NC1CCCCC1)C(=O)Nc1nnc(-c2ccc(C)cc2)s1. The highest BCUT2D eigenvalue weighted by atomic mass is 32.1. The molecule has 1 aliphatic carbocycles. The fourth-order valence-corrected chi connectivity index (χ4v) is 4.34. The van der Waals surface area contributed by atoms with Gasteiger partial charge in [0.2, 0.25) is 11.0 Å². The highest BCUT2D eigenvalue weighted by Gasteiger charge is 2.28. The number of aromatic nitrogens is 2. The predicted molar refractivity (Wildman–Crippen MR) is 120 cm³/mol. The number of carbonyl (C=O) groups excluding carboxylic acids is 2. The van der Waals surface area contributed by atoms with E-state index < -0.39 is 6.04 Å². The van der Waals surface area contributed by atoms with E-state index in [4.69, 9.17) is 0 Å². The van der Waals surface area contributed by atoms with Gasteiger partial charge in [-0.1, -0.05) is 80.7 Å². The molecule has 1 saturated carbocycles. The van der Waals surface area contributed by atoms with Gasteiger partial charge in [0.1, 0.15) is 11.0 Å². The number of anilines is 1. The summed E-state index contributed by atoms with van der Waals surface area (Å²) in [5, 5.41) is 18.2. The van der Waals surface area contributed by atoms with Gasteiger partial charge in [0.05, 0.1) is 0 Å². The third kappa shape index (κ3) is 6.01. The number of benzene rings is 1. The molecule has 7 nitrogen and oxygen atoms in total. The van der Waals surface area contributed by atoms with Crippen LogP contribution in [-0.4, -0.2) is 34.2 Å². The summed E-state index contributed by atoms with van der Waals surface area (Å²) in [5.74, 6) is -0.277. The summed E-state index contributed by atoms with van der Waals surface area (Å²) in [4.78, 5) is 25.4. The second kappa shape index (κ2) is 10.5. The number of hydrogen-bond donors (Lipinski definition) is 3. The van der Waals surface area contributed by atoms with Gasteiger partial charge in [0.25, 0.3) is 0 Å². The Morgan fingerprint density at radius 3 is 2.50 bits per heavy atom. The van der Waals surface area contributed by atoms with Crippen LogP contribution in [0.5, 0.6) is 0 Å². The van der Waals surface area contributed by atoms with Crippen molar-refractivity contribution in [2.45, 2.75) is 71.4 Å². The summed E-state index contributed by atoms with van der Waals surface area (Å²) in [6.45, 7) is 6.00. The lowest BCUT2D eigenvalue weighted by Crippen LogP contribution is -2.53. The Labute approximate surface area is 182 Å². The van der Waals surface area contributed by atoms with Gasteiger partial charge < -0.3 is 10.6 Å². The third-order valence-corrected chi connectivity index (χ3v) is 6.56. The van der Waals surface area contributed by atoms with Crippen molar-refractivity contribution in [3.8, 4) is 10.6 Å². The van der Waals surface area contributed by atoms with Crippen molar-refractivity contribution in [2.75, 3.05) is 5.32 Å². The van der Waals surface area contributed by atoms with Crippen molar-refractivity contribution >= 4 is 28.4 Å². The zero-order valence-corrected chi connectivity index (χ0v) is 18.7. The Morgan fingerprint density at radius 1 is 1.13 bits per heavy atom. The molecule has 1 aromatic carbocycles. The highest BCUT2D eigenvalue weighted by Crippen LogP contribution is 2.27. The largest absolute Gasteiger partial charge is 0.335 e. The van der Waals surface area contributed by atoms with Crippen molar-refractivity contribution in [3.63, 3.8) is 0 Å². The van der Waals surface area contributed by atoms with E-state index >= 15 is 0 Å². The zero-order chi connectivity index (χ0) is 21.5. The minimum Gasteiger partial charge on any atom is -0.335 e. The minimum atomic E-state index is -0.634. The summed E-state index contributed by atoms with van der Waals surface area (Å²) in [5.41, 5.74) is 2.13. The van der Waals surface area contributed by atoms with Crippen molar-refractivity contribution < 1.29 is 9.59 Å². The lowest BCUT2D eigenvalue weighted by atomic mass is 9.95. The van der Waals surface area contributed by atoms with Crippen LogP contribution >= 0.6 is 11.3 Å². The van der Waals surface area contributed by atoms with Crippen molar-refractivity contribution in [2.24, 2.45) is 5.92 Å². The minimum absolute atomic E-state index is 0.00778. The molecular formula is C22H31N5O2S. The maximum atomic E-state index is 12.9. The third-order valence-electron chi connectivity index (χ3n) is 5.68. The van der Waals surface area contributed by atoms with Crippen LogP contribution in [0.15, 0.2) is 24.3 Å². The van der Waals surface area contributed by atoms with Crippen LogP contribution in [0.1, 0.15) is 57.9 Å². The highest BCUT2D eigenvalue weighted by molar-refractivity contribution is 7.18. The molecule has 1 aliphatic rings. The van der Waals surface area contributed by atoms with Crippen LogP contribution in [0, 0.1) is 12.8 Å². The van der Waals surface area contributed by atoms with Gasteiger partial charge in [-0.2, -0.15) is 0 Å². The first-order valence-corrected chi connectivity index (χ1v) is 11.6. The maximum Gasteiger partial charge on any atom is 0.315 e. The zero-order valence-electron chi connectivity index (χ0n) is 17.9. The quantitative estimate of drug-likeness (QED) is 0.604. The number of urea groups is 1. The van der Waals surface area contributed by atoms with E-state index in [9.17, 15) is 9.59 Å². The Hall–Kier alpha value is -2.48. The van der Waals surface area contributed by atoms with Gasteiger partial charge >= 0.3 is 6.03 Å². The van der Waals surface area contributed by atoms with Crippen LogP contribution in [0.25, 0.3) is 10.6 Å². The van der Waals surface area contributed by atoms with E-state index in [-0.39, 0.29) is 23.9 Å². The van der Waals surface area contributed by atoms with Gasteiger partial charge in [-0.3, -0.25) is 10.1 Å². The Balaban J connectivity index is 1.62. The van der Waals surface area contributed by atoms with Crippen molar-refractivity contribution in [3.05, 3.63) is 29.8 Å². The van der Waals surface area contributed by atoms with Gasteiger partial charge in [-0.25, -0.2) is 4.79 Å². The summed E-state index contributed by atoms with van der Waals surface area (Å²) >= 11 is 1.32. The molecule has 8 heteroatoms. The van der Waals surface area contributed by atoms with E-state index in [1.165, 1.54) is 23.3 Å². The molecule has 1 heterocycles. The van der Waals surface area contributed by atoms with Gasteiger partial charge in [0.15, 0.2) is 0 Å². The average Bonchev–Trinajstić information content (AvgIpc) is 3.21. The van der Waals surface area contributed by atoms with Crippen LogP contribution < -0.4 is 16.0 Å². The molecule has 1 aromatic heterocycles. The molecule has 3 rings (SSSR count). The second-order valence-electron chi connectivity index (χ2n) is 8.08. The molecule has 2 unspecified atom stereocenters. The number of carbonyl (C=O) groups is 2. The summed E-state index contributed by atoms with van der Waals surface area (Å²) in [7, 11) is 0. The first-order valence-electron chi connectivity index (χ1n) is 10.7. The van der Waals surface area contributed by atoms with E-state index in [0.29, 0.717) is 5.13 Å². The normalized spacial score (nSPS) is 16.5. The number of amides is 3. The van der Waals surface area contributed by atoms with E-state index in [1.807, 2.05) is 45.0 Å². The number of aryl methyl sites for hydroxylation is 1. The van der Waals surface area contributed by atoms with Gasteiger partial charge in [0, 0.05) is 11.6 Å². The number of hydrogen-bond acceptors (Lipinski definition) is 5. The number of rotatable bonds is 7. The Bertz CT molecular complexity index is 845. The molecule has 3 N–H and O–H groups in total. The van der Waals surface area contributed by atoms with E-state index in [1.54, 1.807) is 0 Å². The predicted octanol–water partition coefficient (Wildman–Crippen LogP) is 4.50. The molecule has 30 heavy (non-hydrogen) atoms. The Morgan fingerprint density at radius 2 is 1.83 bits per heavy atom. The van der Waals surface area contributed by atoms with Crippen molar-refractivity contribution in [1.29, 1.82) is 0 Å². The second-order valence-corrected chi connectivity index (χ2v) is 9.06. The van der Waals surface area contributed by atoms with Crippen molar-refractivity contribution in [1.82, 2.24) is 20.8 Å². The van der Waals surface area contributed by atoms with E-state index in [2.05, 4.69) is 26.1 Å². The standard InChI is InChI=1S/C22H31N5O2S/c1-4-15(3)18(24-21(29)23-17-8-6-5-7-9-17)19(28)25-22-27-26-20(30-22)16-12-10-14(2)11-13-16/h10-13,15,17-18H,4-9H2,1-3H3,(H2,23,24,29)(H,25,27,28). The number of nitrogens with one attached hydrogen (secondary N) is 3. The maximum absolute atomic E-state index is 12.9. The lowest BCUT2D eigenvalue weighted by Gasteiger charge is -2.26. The fourth-order valence-electron chi connectivity index (χ4n) is 3.59. The van der Waals surface area contributed by atoms with E-state index in [0.717, 1.165) is 42.7 Å². The molecule has 0 saturated heterocycles. The van der Waals surface area contributed by atoms with Crippen LogP contribution in [0.4, 0.5) is 9.93 Å². The molecule has 162 valence electrons. The summed E-state index contributed by atoms with van der Waals surface area (Å²) in [6.07, 6.45) is 6.28. The average molecular weight is 430 g/mol. The van der Waals surface area contributed by atoms with Gasteiger partial charge in [-0.15, -0.1) is 10.2 Å². The Kier molecular flexibility index (Phi) is 7.79. The summed E-state index contributed by atoms with van der Waals surface area (Å²) < 4.78 is 0. The molecule has 0 spiro atoms. The topological polar surface area (TPSA) is 96.0 Å². The molecule has 2 aromatic rings. The van der Waals surface area contributed by atoms with Crippen LogP contribution in [-0.2, 0) is 4.79 Å². The molecule has 0 bridgehead atoms. The fraction of sp³-hybridized carbons (Fsp3) is 0.545. The smallest absolute Gasteiger partial charge is 0.315 e. The molecule has 0 radical (unpaired) electrons. The first-order chi connectivity index (χ1) is 14.5. The summed E-state index contributed by atoms with van der Waals surface area (Å²) in [6, 6.07) is 7.29. The van der Waals surface area contributed by atoms with Crippen LogP contribution in [0.3, 0.4) is 0 Å². The first kappa shape index (κ1) is 22.2. The van der Waals surface area contributed by atoms with Gasteiger partial charge in [-0.05, 0) is 25.7 Å². The van der Waals surface area contributed by atoms with Crippen LogP contribution in [0.2, 0.25) is 0 Å². The number of nitrogens with zero attached hydrogens (tertiary/aromatic N) is 2. The molecular weight excluding hydrogens is 398 g/mol.